The fourth-order valence-corrected chi connectivity index (χ4v) is 5.22. The molecule has 6 nitrogen and oxygen atoms in total. The predicted octanol–water partition coefficient (Wildman–Crippen LogP) is 2.03. The van der Waals surface area contributed by atoms with Crippen LogP contribution in [-0.4, -0.2) is 41.9 Å². The summed E-state index contributed by atoms with van der Waals surface area (Å²) in [5.41, 5.74) is 0. The Kier molecular flexibility index (Phi) is 4.12. The maximum absolute atomic E-state index is 12.4. The van der Waals surface area contributed by atoms with E-state index >= 15 is 0 Å². The van der Waals surface area contributed by atoms with E-state index in [9.17, 15) is 8.42 Å². The van der Waals surface area contributed by atoms with Gasteiger partial charge in [0.2, 0.25) is 5.88 Å². The zero-order valence-electron chi connectivity index (χ0n) is 10.8. The number of nitrogens with zero attached hydrogens (tertiary/aromatic N) is 3. The van der Waals surface area contributed by atoms with Crippen molar-refractivity contribution in [3.63, 3.8) is 0 Å². The van der Waals surface area contributed by atoms with Crippen LogP contribution in [0.15, 0.2) is 34.9 Å². The van der Waals surface area contributed by atoms with E-state index in [1.807, 2.05) is 0 Å². The van der Waals surface area contributed by atoms with Gasteiger partial charge in [-0.15, -0.1) is 11.3 Å². The molecule has 2 aromatic heterocycles. The minimum Gasteiger partial charge on any atom is -0.473 e. The van der Waals surface area contributed by atoms with E-state index in [4.69, 9.17) is 16.3 Å². The molecule has 9 heteroatoms. The van der Waals surface area contributed by atoms with E-state index in [1.54, 1.807) is 18.3 Å². The minimum atomic E-state index is -3.49. The molecule has 0 radical (unpaired) electrons. The Bertz CT molecular complexity index is 720. The van der Waals surface area contributed by atoms with E-state index in [1.165, 1.54) is 16.7 Å². The highest BCUT2D eigenvalue weighted by Crippen LogP contribution is 2.30. The molecule has 0 bridgehead atoms. The Labute approximate surface area is 131 Å². The number of halogens is 1. The number of aromatic nitrogens is 2. The number of ether oxygens (including phenoxy) is 1. The average Bonchev–Trinajstić information content (AvgIpc) is 3.10. The average molecular weight is 346 g/mol. The van der Waals surface area contributed by atoms with Gasteiger partial charge in [-0.3, -0.25) is 0 Å². The third-order valence-corrected chi connectivity index (χ3v) is 6.66. The first-order valence-electron chi connectivity index (χ1n) is 6.24. The van der Waals surface area contributed by atoms with Gasteiger partial charge in [-0.2, -0.15) is 4.31 Å². The highest BCUT2D eigenvalue weighted by Gasteiger charge is 2.34. The Morgan fingerprint density at radius 3 is 2.90 bits per heavy atom. The smallest absolute Gasteiger partial charge is 0.252 e. The Morgan fingerprint density at radius 2 is 2.24 bits per heavy atom. The highest BCUT2D eigenvalue weighted by molar-refractivity contribution is 7.91. The van der Waals surface area contributed by atoms with Crippen molar-refractivity contribution in [1.82, 2.24) is 14.3 Å². The molecular formula is C12H12ClN3O3S2. The first-order chi connectivity index (χ1) is 10.1. The molecule has 0 saturated carbocycles. The quantitative estimate of drug-likeness (QED) is 0.847. The van der Waals surface area contributed by atoms with Crippen molar-refractivity contribution in [3.8, 4) is 5.88 Å². The van der Waals surface area contributed by atoms with Crippen molar-refractivity contribution in [1.29, 1.82) is 0 Å². The zero-order valence-corrected chi connectivity index (χ0v) is 13.2. The van der Waals surface area contributed by atoms with Gasteiger partial charge in [0.1, 0.15) is 16.6 Å². The second-order valence-corrected chi connectivity index (χ2v) is 8.38. The van der Waals surface area contributed by atoms with Crippen molar-refractivity contribution in [2.24, 2.45) is 0 Å². The monoisotopic (exact) mass is 345 g/mol. The first-order valence-corrected chi connectivity index (χ1v) is 8.87. The Morgan fingerprint density at radius 1 is 1.38 bits per heavy atom. The van der Waals surface area contributed by atoms with Crippen molar-refractivity contribution in [2.45, 2.75) is 16.7 Å². The molecule has 1 atom stereocenters. The number of thiophene rings is 1. The summed E-state index contributed by atoms with van der Waals surface area (Å²) in [6.07, 6.45) is 3.40. The third kappa shape index (κ3) is 3.18. The number of sulfonamides is 1. The summed E-state index contributed by atoms with van der Waals surface area (Å²) >= 11 is 6.87. The summed E-state index contributed by atoms with van der Waals surface area (Å²) in [5, 5.41) is 0. The molecule has 0 spiro atoms. The van der Waals surface area contributed by atoms with E-state index in [0.29, 0.717) is 29.7 Å². The van der Waals surface area contributed by atoms with Crippen LogP contribution in [0.4, 0.5) is 0 Å². The summed E-state index contributed by atoms with van der Waals surface area (Å²) < 4.78 is 32.7. The fraction of sp³-hybridized carbons (Fsp3) is 0.333. The predicted molar refractivity (Wildman–Crippen MR) is 79.2 cm³/mol. The van der Waals surface area contributed by atoms with E-state index in [2.05, 4.69) is 9.97 Å². The lowest BCUT2D eigenvalue weighted by Crippen LogP contribution is -2.30. The summed E-state index contributed by atoms with van der Waals surface area (Å²) in [7, 11) is -3.49. The first kappa shape index (κ1) is 14.7. The van der Waals surface area contributed by atoms with Crippen LogP contribution in [0.25, 0.3) is 0 Å². The van der Waals surface area contributed by atoms with Gasteiger partial charge in [0.05, 0.1) is 10.9 Å². The molecule has 0 aliphatic carbocycles. The molecule has 0 amide bonds. The maximum Gasteiger partial charge on any atom is 0.252 e. The van der Waals surface area contributed by atoms with Crippen LogP contribution in [-0.2, 0) is 10.0 Å². The van der Waals surface area contributed by atoms with Crippen LogP contribution in [0.1, 0.15) is 6.42 Å². The summed E-state index contributed by atoms with van der Waals surface area (Å²) in [4.78, 5) is 7.78. The molecule has 1 fully saturated rings. The molecule has 1 saturated heterocycles. The molecule has 1 aliphatic heterocycles. The molecule has 0 aromatic carbocycles. The van der Waals surface area contributed by atoms with Gasteiger partial charge in [-0.05, 0) is 18.6 Å². The van der Waals surface area contributed by atoms with Gasteiger partial charge in [0.15, 0.2) is 0 Å². The maximum atomic E-state index is 12.4. The van der Waals surface area contributed by atoms with E-state index < -0.39 is 10.0 Å². The van der Waals surface area contributed by atoms with Crippen molar-refractivity contribution in [2.75, 3.05) is 13.1 Å². The number of hydrogen-bond donors (Lipinski definition) is 0. The largest absolute Gasteiger partial charge is 0.473 e. The minimum absolute atomic E-state index is 0.204. The summed E-state index contributed by atoms with van der Waals surface area (Å²) in [5.74, 6) is 0.452. The van der Waals surface area contributed by atoms with Crippen LogP contribution < -0.4 is 4.74 Å². The lowest BCUT2D eigenvalue weighted by atomic mass is 10.3. The molecule has 21 heavy (non-hydrogen) atoms. The highest BCUT2D eigenvalue weighted by atomic mass is 35.5. The van der Waals surface area contributed by atoms with E-state index in [-0.39, 0.29) is 10.3 Å². The van der Waals surface area contributed by atoms with Crippen molar-refractivity contribution < 1.29 is 13.2 Å². The zero-order chi connectivity index (χ0) is 14.9. The van der Waals surface area contributed by atoms with Crippen LogP contribution >= 0.6 is 22.9 Å². The van der Waals surface area contributed by atoms with Gasteiger partial charge in [-0.1, -0.05) is 11.6 Å². The Balaban J connectivity index is 1.69. The molecule has 0 unspecified atom stereocenters. The summed E-state index contributed by atoms with van der Waals surface area (Å²) in [6.45, 7) is 0.732. The van der Waals surface area contributed by atoms with Gasteiger partial charge >= 0.3 is 0 Å². The van der Waals surface area contributed by atoms with Crippen LogP contribution in [0.3, 0.4) is 0 Å². The molecule has 3 heterocycles. The van der Waals surface area contributed by atoms with Gasteiger partial charge in [0.25, 0.3) is 10.0 Å². The molecular weight excluding hydrogens is 334 g/mol. The molecule has 0 N–H and O–H groups in total. The fourth-order valence-electron chi connectivity index (χ4n) is 2.09. The van der Waals surface area contributed by atoms with E-state index in [0.717, 1.165) is 11.3 Å². The number of hydrogen-bond acceptors (Lipinski definition) is 6. The molecule has 1 aliphatic rings. The van der Waals surface area contributed by atoms with Crippen molar-refractivity contribution in [3.05, 3.63) is 35.1 Å². The Hall–Kier alpha value is -1.22. The van der Waals surface area contributed by atoms with Crippen molar-refractivity contribution >= 4 is 33.0 Å². The van der Waals surface area contributed by atoms with Gasteiger partial charge < -0.3 is 4.74 Å². The van der Waals surface area contributed by atoms with Gasteiger partial charge in [-0.25, -0.2) is 18.4 Å². The lowest BCUT2D eigenvalue weighted by molar-refractivity contribution is 0.206. The van der Waals surface area contributed by atoms with Gasteiger partial charge in [0, 0.05) is 18.8 Å². The topological polar surface area (TPSA) is 72.4 Å². The lowest BCUT2D eigenvalue weighted by Gasteiger charge is -2.15. The third-order valence-electron chi connectivity index (χ3n) is 3.09. The van der Waals surface area contributed by atoms with Crippen LogP contribution in [0.5, 0.6) is 5.88 Å². The summed E-state index contributed by atoms with van der Waals surface area (Å²) in [6, 6.07) is 4.77. The normalized spacial score (nSPS) is 19.8. The second kappa shape index (κ2) is 5.88. The SMILES string of the molecule is O=S(=O)(c1ccc(Cl)s1)N1CC[C@H](Oc2ccncn2)C1. The molecule has 3 rings (SSSR count). The van der Waals surface area contributed by atoms with Crippen LogP contribution in [0.2, 0.25) is 4.34 Å². The standard InChI is InChI=1S/C12H12ClN3O3S2/c13-10-1-2-12(20-10)21(17,18)16-6-4-9(7-16)19-11-3-5-14-8-15-11/h1-3,5,8-9H,4,6-7H2/t9-/m0/s1. The second-order valence-electron chi connectivity index (χ2n) is 4.50. The van der Waals surface area contributed by atoms with Crippen LogP contribution in [0, 0.1) is 0 Å². The molecule has 2 aromatic rings. The number of rotatable bonds is 4. The molecule has 112 valence electrons.